The molecule has 2 aliphatic rings. The maximum Gasteiger partial charge on any atom is 0.138 e. The van der Waals surface area contributed by atoms with Crippen molar-refractivity contribution >= 4 is 28.0 Å². The van der Waals surface area contributed by atoms with Crippen LogP contribution in [-0.4, -0.2) is 5.84 Å². The Morgan fingerprint density at radius 1 is 0.818 bits per heavy atom. The SMILES string of the molecule is Cc1ccc(C2=Nc3ccc4c5c(ccc(c35)N2)CC4)cc1. The van der Waals surface area contributed by atoms with E-state index in [1.807, 2.05) is 0 Å². The van der Waals surface area contributed by atoms with Crippen LogP contribution in [0.2, 0.25) is 0 Å². The number of aryl methyl sites for hydroxylation is 3. The molecule has 1 aliphatic heterocycles. The Hall–Kier alpha value is -2.61. The van der Waals surface area contributed by atoms with Gasteiger partial charge in [0.1, 0.15) is 5.84 Å². The molecule has 1 N–H and O–H groups in total. The van der Waals surface area contributed by atoms with E-state index in [-0.39, 0.29) is 0 Å². The zero-order valence-electron chi connectivity index (χ0n) is 12.5. The second kappa shape index (κ2) is 4.20. The lowest BCUT2D eigenvalue weighted by Gasteiger charge is -2.20. The lowest BCUT2D eigenvalue weighted by atomic mass is 9.99. The van der Waals surface area contributed by atoms with Crippen LogP contribution in [0.3, 0.4) is 0 Å². The van der Waals surface area contributed by atoms with Gasteiger partial charge in [0.05, 0.1) is 5.69 Å². The Balaban J connectivity index is 1.75. The minimum absolute atomic E-state index is 0.938. The molecule has 0 bridgehead atoms. The molecule has 0 amide bonds. The van der Waals surface area contributed by atoms with Crippen LogP contribution in [0, 0.1) is 6.92 Å². The van der Waals surface area contributed by atoms with Gasteiger partial charge in [-0.1, -0.05) is 42.0 Å². The molecule has 0 fully saturated rings. The lowest BCUT2D eigenvalue weighted by molar-refractivity contribution is 1.02. The van der Waals surface area contributed by atoms with Gasteiger partial charge in [0.15, 0.2) is 0 Å². The molecule has 2 heteroatoms. The number of anilines is 1. The monoisotopic (exact) mass is 284 g/mol. The summed E-state index contributed by atoms with van der Waals surface area (Å²) in [7, 11) is 0. The average molecular weight is 284 g/mol. The van der Waals surface area contributed by atoms with Gasteiger partial charge in [0.25, 0.3) is 0 Å². The van der Waals surface area contributed by atoms with Crippen LogP contribution in [-0.2, 0) is 12.8 Å². The fourth-order valence-corrected chi connectivity index (χ4v) is 3.63. The fraction of sp³-hybridized carbons (Fsp3) is 0.150. The zero-order chi connectivity index (χ0) is 14.7. The van der Waals surface area contributed by atoms with Crippen LogP contribution >= 0.6 is 0 Å². The number of aliphatic imine (C=N–C) groups is 1. The van der Waals surface area contributed by atoms with Gasteiger partial charge in [-0.2, -0.15) is 0 Å². The molecule has 0 saturated heterocycles. The molecule has 2 nitrogen and oxygen atoms in total. The molecule has 0 atom stereocenters. The second-order valence-corrected chi connectivity index (χ2v) is 6.22. The van der Waals surface area contributed by atoms with Crippen LogP contribution in [0.15, 0.2) is 53.5 Å². The molecule has 1 aliphatic carbocycles. The van der Waals surface area contributed by atoms with E-state index in [4.69, 9.17) is 4.99 Å². The van der Waals surface area contributed by atoms with Crippen molar-refractivity contribution in [2.24, 2.45) is 4.99 Å². The maximum absolute atomic E-state index is 4.88. The topological polar surface area (TPSA) is 24.4 Å². The third-order valence-corrected chi connectivity index (χ3v) is 4.79. The number of rotatable bonds is 1. The van der Waals surface area contributed by atoms with E-state index in [0.29, 0.717) is 0 Å². The summed E-state index contributed by atoms with van der Waals surface area (Å²) in [4.78, 5) is 4.88. The first-order chi connectivity index (χ1) is 10.8. The standard InChI is InChI=1S/C20H16N2/c1-12-2-4-15(5-3-12)20-21-16-10-8-13-6-7-14-9-11-17(22-20)19(16)18(13)14/h2-5,8-11H,6-7H2,1H3,(H,21,22). The second-order valence-electron chi connectivity index (χ2n) is 6.22. The summed E-state index contributed by atoms with van der Waals surface area (Å²) < 4.78 is 0. The molecule has 22 heavy (non-hydrogen) atoms. The van der Waals surface area contributed by atoms with Crippen molar-refractivity contribution in [2.75, 3.05) is 5.32 Å². The summed E-state index contributed by atoms with van der Waals surface area (Å²) in [5, 5.41) is 6.25. The first-order valence-electron chi connectivity index (χ1n) is 7.80. The average Bonchev–Trinajstić information content (AvgIpc) is 2.98. The number of amidine groups is 1. The van der Waals surface area contributed by atoms with Gasteiger partial charge >= 0.3 is 0 Å². The quantitative estimate of drug-likeness (QED) is 0.685. The Kier molecular flexibility index (Phi) is 2.29. The van der Waals surface area contributed by atoms with Crippen molar-refractivity contribution < 1.29 is 0 Å². The van der Waals surface area contributed by atoms with Crippen molar-refractivity contribution in [1.29, 1.82) is 0 Å². The highest BCUT2D eigenvalue weighted by atomic mass is 15.0. The molecule has 3 aromatic carbocycles. The molecule has 0 aromatic heterocycles. The summed E-state index contributed by atoms with van der Waals surface area (Å²) in [6.45, 7) is 2.11. The number of nitrogens with one attached hydrogen (secondary N) is 1. The molecule has 1 heterocycles. The highest BCUT2D eigenvalue weighted by Gasteiger charge is 2.22. The smallest absolute Gasteiger partial charge is 0.138 e. The van der Waals surface area contributed by atoms with Gasteiger partial charge in [-0.25, -0.2) is 4.99 Å². The minimum atomic E-state index is 0.938. The molecule has 0 unspecified atom stereocenters. The molecule has 5 rings (SSSR count). The van der Waals surface area contributed by atoms with E-state index in [1.54, 1.807) is 0 Å². The fourth-order valence-electron chi connectivity index (χ4n) is 3.63. The van der Waals surface area contributed by atoms with Gasteiger partial charge in [0.2, 0.25) is 0 Å². The van der Waals surface area contributed by atoms with Gasteiger partial charge in [-0.15, -0.1) is 0 Å². The predicted octanol–water partition coefficient (Wildman–Crippen LogP) is 4.75. The first kappa shape index (κ1) is 12.0. The van der Waals surface area contributed by atoms with Crippen LogP contribution < -0.4 is 5.32 Å². The highest BCUT2D eigenvalue weighted by Crippen LogP contribution is 2.42. The number of nitrogens with zero attached hydrogens (tertiary/aromatic N) is 1. The highest BCUT2D eigenvalue weighted by molar-refractivity contribution is 6.20. The van der Waals surface area contributed by atoms with Crippen molar-refractivity contribution in [3.05, 3.63) is 70.8 Å². The molecule has 106 valence electrons. The Bertz CT molecular complexity index is 939. The third-order valence-electron chi connectivity index (χ3n) is 4.79. The Morgan fingerprint density at radius 2 is 1.55 bits per heavy atom. The van der Waals surface area contributed by atoms with Crippen molar-refractivity contribution in [3.8, 4) is 0 Å². The van der Waals surface area contributed by atoms with Gasteiger partial charge < -0.3 is 5.32 Å². The predicted molar refractivity (Wildman–Crippen MR) is 92.4 cm³/mol. The van der Waals surface area contributed by atoms with E-state index in [2.05, 4.69) is 60.8 Å². The molecular formula is C20H16N2. The normalized spacial score (nSPS) is 14.9. The zero-order valence-corrected chi connectivity index (χ0v) is 12.5. The first-order valence-corrected chi connectivity index (χ1v) is 7.80. The molecular weight excluding hydrogens is 268 g/mol. The number of hydrogen-bond donors (Lipinski definition) is 1. The number of benzene rings is 3. The maximum atomic E-state index is 4.88. The molecule has 0 radical (unpaired) electrons. The molecule has 0 saturated carbocycles. The van der Waals surface area contributed by atoms with E-state index >= 15 is 0 Å². The van der Waals surface area contributed by atoms with Crippen LogP contribution in [0.4, 0.5) is 11.4 Å². The van der Waals surface area contributed by atoms with Crippen LogP contribution in [0.25, 0.3) is 10.8 Å². The summed E-state index contributed by atoms with van der Waals surface area (Å²) in [6.07, 6.45) is 2.31. The van der Waals surface area contributed by atoms with Crippen molar-refractivity contribution in [3.63, 3.8) is 0 Å². The van der Waals surface area contributed by atoms with E-state index in [1.165, 1.54) is 33.2 Å². The third kappa shape index (κ3) is 1.58. The number of hydrogen-bond acceptors (Lipinski definition) is 2. The Morgan fingerprint density at radius 3 is 2.32 bits per heavy atom. The van der Waals surface area contributed by atoms with Crippen LogP contribution in [0.1, 0.15) is 22.3 Å². The van der Waals surface area contributed by atoms with Gasteiger partial charge in [-0.3, -0.25) is 0 Å². The summed E-state index contributed by atoms with van der Waals surface area (Å²) in [5.74, 6) is 0.938. The van der Waals surface area contributed by atoms with Crippen molar-refractivity contribution in [2.45, 2.75) is 19.8 Å². The van der Waals surface area contributed by atoms with E-state index in [0.717, 1.165) is 29.9 Å². The summed E-state index contributed by atoms with van der Waals surface area (Å²) >= 11 is 0. The minimum Gasteiger partial charge on any atom is -0.339 e. The lowest BCUT2D eigenvalue weighted by Crippen LogP contribution is -2.16. The molecule has 0 spiro atoms. The van der Waals surface area contributed by atoms with Crippen LogP contribution in [0.5, 0.6) is 0 Å². The largest absolute Gasteiger partial charge is 0.339 e. The summed E-state index contributed by atoms with van der Waals surface area (Å²) in [5.41, 5.74) is 7.60. The summed E-state index contributed by atoms with van der Waals surface area (Å²) in [6, 6.07) is 17.4. The van der Waals surface area contributed by atoms with E-state index in [9.17, 15) is 0 Å². The molecule has 3 aromatic rings. The van der Waals surface area contributed by atoms with E-state index < -0.39 is 0 Å². The van der Waals surface area contributed by atoms with Gasteiger partial charge in [0, 0.05) is 16.6 Å². The van der Waals surface area contributed by atoms with Crippen molar-refractivity contribution in [1.82, 2.24) is 0 Å². The van der Waals surface area contributed by atoms with Gasteiger partial charge in [-0.05, 0) is 48.4 Å². The Labute approximate surface area is 129 Å².